The lowest BCUT2D eigenvalue weighted by Crippen LogP contribution is -2.09. The van der Waals surface area contributed by atoms with E-state index in [4.69, 9.17) is 4.42 Å². The van der Waals surface area contributed by atoms with Crippen molar-refractivity contribution in [1.82, 2.24) is 0 Å². The Balaban J connectivity index is 0.841. The normalized spacial score (nSPS) is 11.3. The van der Waals surface area contributed by atoms with Gasteiger partial charge >= 0.3 is 0 Å². The molecule has 0 fully saturated rings. The van der Waals surface area contributed by atoms with E-state index in [-0.39, 0.29) is 0 Å². The van der Waals surface area contributed by atoms with Crippen LogP contribution < -0.4 is 4.90 Å². The van der Waals surface area contributed by atoms with E-state index in [9.17, 15) is 0 Å². The van der Waals surface area contributed by atoms with Gasteiger partial charge in [-0.05, 0) is 143 Å². The van der Waals surface area contributed by atoms with Gasteiger partial charge in [0.1, 0.15) is 11.3 Å². The van der Waals surface area contributed by atoms with Crippen LogP contribution in [0.3, 0.4) is 0 Å². The van der Waals surface area contributed by atoms with Crippen LogP contribution in [0.25, 0.3) is 111 Å². The second-order valence-electron chi connectivity index (χ2n) is 18.4. The topological polar surface area (TPSA) is 16.4 Å². The van der Waals surface area contributed by atoms with Gasteiger partial charge in [-0.3, -0.25) is 0 Å². The Hall–Kier alpha value is -9.50. The van der Waals surface area contributed by atoms with Gasteiger partial charge in [-0.15, -0.1) is 0 Å². The molecule has 12 aromatic carbocycles. The van der Waals surface area contributed by atoms with E-state index < -0.39 is 0 Å². The molecule has 1 aromatic heterocycles. The number of rotatable bonds is 10. The largest absolute Gasteiger partial charge is 0.456 e. The van der Waals surface area contributed by atoms with E-state index in [1.165, 1.54) is 60.5 Å². The first-order valence-electron chi connectivity index (χ1n) is 24.6. The summed E-state index contributed by atoms with van der Waals surface area (Å²) in [7, 11) is 0. The Bertz CT molecular complexity index is 4020. The van der Waals surface area contributed by atoms with Gasteiger partial charge in [0.2, 0.25) is 0 Å². The lowest BCUT2D eigenvalue weighted by molar-refractivity contribution is 0.632. The number of hydrogen-bond donors (Lipinski definition) is 0. The molecular formula is C70H47NO. The van der Waals surface area contributed by atoms with Crippen molar-refractivity contribution in [2.24, 2.45) is 0 Å². The van der Waals surface area contributed by atoms with Crippen molar-refractivity contribution in [2.75, 3.05) is 4.90 Å². The van der Waals surface area contributed by atoms with Crippen molar-refractivity contribution >= 4 is 49.6 Å². The van der Waals surface area contributed by atoms with Crippen LogP contribution >= 0.6 is 0 Å². The summed E-state index contributed by atoms with van der Waals surface area (Å²) in [5.41, 5.74) is 19.4. The van der Waals surface area contributed by atoms with Crippen molar-refractivity contribution in [2.45, 2.75) is 0 Å². The van der Waals surface area contributed by atoms with E-state index in [0.29, 0.717) is 0 Å². The maximum Gasteiger partial charge on any atom is 0.136 e. The molecule has 0 atom stereocenters. The second kappa shape index (κ2) is 18.4. The Morgan fingerprint density at radius 2 is 0.611 bits per heavy atom. The average Bonchev–Trinajstić information content (AvgIpc) is 3.91. The fourth-order valence-corrected chi connectivity index (χ4v) is 10.5. The summed E-state index contributed by atoms with van der Waals surface area (Å²) in [5, 5.41) is 6.16. The van der Waals surface area contributed by atoms with Crippen molar-refractivity contribution in [3.63, 3.8) is 0 Å². The highest BCUT2D eigenvalue weighted by molar-refractivity contribution is 6.08. The number of nitrogens with zero attached hydrogens (tertiary/aromatic N) is 1. The zero-order valence-corrected chi connectivity index (χ0v) is 39.5. The van der Waals surface area contributed by atoms with E-state index in [1.807, 2.05) is 18.2 Å². The number of anilines is 3. The molecule has 2 nitrogen and oxygen atoms in total. The minimum Gasteiger partial charge on any atom is -0.456 e. The molecule has 0 bridgehead atoms. The van der Waals surface area contributed by atoms with Crippen molar-refractivity contribution < 1.29 is 4.42 Å². The monoisotopic (exact) mass is 917 g/mol. The zero-order chi connectivity index (χ0) is 47.8. The van der Waals surface area contributed by atoms with Crippen molar-refractivity contribution in [3.05, 3.63) is 285 Å². The van der Waals surface area contributed by atoms with Crippen LogP contribution in [0.1, 0.15) is 0 Å². The predicted octanol–water partition coefficient (Wildman–Crippen LogP) is 19.9. The summed E-state index contributed by atoms with van der Waals surface area (Å²) in [6.07, 6.45) is 0. The van der Waals surface area contributed by atoms with Gasteiger partial charge in [0.25, 0.3) is 0 Å². The number of hydrogen-bond acceptors (Lipinski definition) is 2. The molecule has 13 rings (SSSR count). The van der Waals surface area contributed by atoms with Gasteiger partial charge in [0.05, 0.1) is 0 Å². The lowest BCUT2D eigenvalue weighted by Gasteiger charge is -2.26. The quantitative estimate of drug-likeness (QED) is 0.127. The molecule has 13 aromatic rings. The number of para-hydroxylation sites is 1. The molecule has 0 unspecified atom stereocenters. The van der Waals surface area contributed by atoms with Gasteiger partial charge in [-0.2, -0.15) is 0 Å². The molecule has 1 heterocycles. The first-order valence-corrected chi connectivity index (χ1v) is 24.6. The van der Waals surface area contributed by atoms with Crippen LogP contribution in [0.15, 0.2) is 290 Å². The van der Waals surface area contributed by atoms with E-state index in [0.717, 1.165) is 67.2 Å². The molecular weight excluding hydrogens is 871 g/mol. The molecule has 0 N–H and O–H groups in total. The summed E-state index contributed by atoms with van der Waals surface area (Å²) in [6.45, 7) is 0. The third kappa shape index (κ3) is 8.01. The number of furan rings is 1. The van der Waals surface area contributed by atoms with Crippen LogP contribution in [-0.4, -0.2) is 0 Å². The van der Waals surface area contributed by atoms with Crippen molar-refractivity contribution in [1.29, 1.82) is 0 Å². The molecule has 0 saturated heterocycles. The smallest absolute Gasteiger partial charge is 0.136 e. The Kier molecular flexibility index (Phi) is 10.9. The van der Waals surface area contributed by atoms with E-state index in [1.54, 1.807) is 0 Å². The molecule has 0 saturated carbocycles. The van der Waals surface area contributed by atoms with Crippen LogP contribution in [0.5, 0.6) is 0 Å². The van der Waals surface area contributed by atoms with Gasteiger partial charge in [-0.1, -0.05) is 231 Å². The van der Waals surface area contributed by atoms with Gasteiger partial charge in [-0.25, -0.2) is 0 Å². The van der Waals surface area contributed by atoms with E-state index in [2.05, 4.69) is 272 Å². The van der Waals surface area contributed by atoms with Crippen LogP contribution in [0.2, 0.25) is 0 Å². The maximum atomic E-state index is 6.32. The lowest BCUT2D eigenvalue weighted by atomic mass is 9.89. The summed E-state index contributed by atoms with van der Waals surface area (Å²) in [5.74, 6) is 0.872. The molecule has 338 valence electrons. The molecule has 0 amide bonds. The Morgan fingerprint density at radius 1 is 0.222 bits per heavy atom. The third-order valence-corrected chi connectivity index (χ3v) is 14.1. The van der Waals surface area contributed by atoms with Crippen molar-refractivity contribution in [3.8, 4) is 78.1 Å². The minimum atomic E-state index is 0.872. The zero-order valence-electron chi connectivity index (χ0n) is 39.5. The van der Waals surface area contributed by atoms with Gasteiger partial charge < -0.3 is 9.32 Å². The first kappa shape index (κ1) is 42.6. The molecule has 0 radical (unpaired) electrons. The van der Waals surface area contributed by atoms with Crippen LogP contribution in [0, 0.1) is 0 Å². The van der Waals surface area contributed by atoms with Crippen LogP contribution in [0.4, 0.5) is 17.1 Å². The highest BCUT2D eigenvalue weighted by Gasteiger charge is 2.17. The SMILES string of the molecule is c1ccc(-c2ccccc2-c2ccccc2-c2ccc(N(c3ccc(-c4ccc(-c5ccccc5-c5cc6ccccc6o5)cc4)cc3)c3ccc(-c4ccc5c(ccc6ccccc65)c4)cc3)cc2)cc1. The minimum absolute atomic E-state index is 0.872. The van der Waals surface area contributed by atoms with E-state index >= 15 is 0 Å². The third-order valence-electron chi connectivity index (χ3n) is 14.1. The molecule has 0 aliphatic carbocycles. The Morgan fingerprint density at radius 3 is 1.21 bits per heavy atom. The summed E-state index contributed by atoms with van der Waals surface area (Å²) in [6, 6.07) is 103. The second-order valence-corrected chi connectivity index (χ2v) is 18.4. The Labute approximate surface area is 420 Å². The maximum absolute atomic E-state index is 6.32. The first-order chi connectivity index (χ1) is 35.7. The fourth-order valence-electron chi connectivity index (χ4n) is 10.5. The number of benzene rings is 12. The van der Waals surface area contributed by atoms with Gasteiger partial charge in [0, 0.05) is 28.0 Å². The highest BCUT2D eigenvalue weighted by Crippen LogP contribution is 2.42. The highest BCUT2D eigenvalue weighted by atomic mass is 16.3. The predicted molar refractivity (Wildman–Crippen MR) is 304 cm³/mol. The summed E-state index contributed by atoms with van der Waals surface area (Å²) in [4.78, 5) is 2.36. The number of fused-ring (bicyclic) bond motifs is 4. The average molecular weight is 918 g/mol. The summed E-state index contributed by atoms with van der Waals surface area (Å²) < 4.78 is 6.32. The standard InChI is InChI=1S/C70H47NO/c1-2-14-51(15-3-1)62-19-7-10-22-66(62)67-23-11-8-20-63(67)54-36-43-60(44-37-54)71(59-41-34-50(35-42-59)55-38-45-65-56(46-55)31-30-52-16-4-6-18-61(52)65)58-39-32-49(33-40-58)48-26-28-53(29-27-48)64-21-9-12-24-68(64)70-47-57-17-5-13-25-69(57)72-70/h1-47H. The fraction of sp³-hybridized carbons (Fsp3) is 0. The van der Waals surface area contributed by atoms with Gasteiger partial charge in [0.15, 0.2) is 0 Å². The molecule has 0 aliphatic heterocycles. The molecule has 2 heteroatoms. The molecule has 0 spiro atoms. The molecule has 72 heavy (non-hydrogen) atoms. The summed E-state index contributed by atoms with van der Waals surface area (Å²) >= 11 is 0. The van der Waals surface area contributed by atoms with Crippen LogP contribution in [-0.2, 0) is 0 Å². The molecule has 0 aliphatic rings.